The molecule has 186 valence electrons. The average Bonchev–Trinajstić information content (AvgIpc) is 3.47. The summed E-state index contributed by atoms with van der Waals surface area (Å²) >= 11 is 0. The summed E-state index contributed by atoms with van der Waals surface area (Å²) in [5.74, 6) is -2.02. The van der Waals surface area contributed by atoms with Gasteiger partial charge in [0.25, 0.3) is 0 Å². The maximum Gasteiger partial charge on any atom is 0.328 e. The van der Waals surface area contributed by atoms with Crippen molar-refractivity contribution in [2.45, 2.75) is 88.8 Å². The lowest BCUT2D eigenvalue weighted by Gasteiger charge is -2.27. The molecule has 4 heterocycles. The Balaban J connectivity index is 1.25. The minimum absolute atomic E-state index is 0.147. The molecule has 4 fully saturated rings. The number of ether oxygens (including phenoxy) is 6. The molecule has 4 aliphatic rings. The van der Waals surface area contributed by atoms with Crippen LogP contribution in [0, 0.1) is 0 Å². The van der Waals surface area contributed by atoms with Gasteiger partial charge in [0.15, 0.2) is 17.8 Å². The van der Waals surface area contributed by atoms with Gasteiger partial charge in [-0.05, 0) is 45.4 Å². The van der Waals surface area contributed by atoms with Crippen LogP contribution in [0.1, 0.15) is 39.7 Å². The topological polar surface area (TPSA) is 114 Å². The van der Waals surface area contributed by atoms with Gasteiger partial charge in [-0.25, -0.2) is 4.79 Å². The molecule has 5 rings (SSSR count). The van der Waals surface area contributed by atoms with E-state index in [9.17, 15) is 9.59 Å². The zero-order chi connectivity index (χ0) is 24.1. The van der Waals surface area contributed by atoms with Gasteiger partial charge in [0.2, 0.25) is 5.91 Å². The van der Waals surface area contributed by atoms with E-state index in [1.807, 2.05) is 52.0 Å². The van der Waals surface area contributed by atoms with E-state index in [0.29, 0.717) is 19.6 Å². The summed E-state index contributed by atoms with van der Waals surface area (Å²) in [6, 6.07) is 6.95. The molecule has 6 atom stereocenters. The predicted molar refractivity (Wildman–Crippen MR) is 119 cm³/mol. The Labute approximate surface area is 198 Å². The predicted octanol–water partition coefficient (Wildman–Crippen LogP) is 1.47. The largest absolute Gasteiger partial charge is 0.464 e. The first kappa shape index (κ1) is 23.5. The van der Waals surface area contributed by atoms with Crippen molar-refractivity contribution in [3.8, 4) is 0 Å². The molecule has 10 nitrogen and oxygen atoms in total. The SMILES string of the molecule is CC1(C)OCC(C2OC(Nc3cccc(CC(=O)NC4CCOC4=O)c3)[C@H]3OC(C)(C)O[C@@H]23)O1. The summed E-state index contributed by atoms with van der Waals surface area (Å²) in [5.41, 5.74) is 1.59. The van der Waals surface area contributed by atoms with Crippen molar-refractivity contribution in [2.24, 2.45) is 0 Å². The second kappa shape index (κ2) is 8.76. The number of anilines is 1. The molecular weight excluding hydrogens is 444 g/mol. The van der Waals surface area contributed by atoms with Gasteiger partial charge in [0.05, 0.1) is 19.6 Å². The fourth-order valence-electron chi connectivity index (χ4n) is 4.92. The molecule has 4 unspecified atom stereocenters. The number of hydrogen-bond acceptors (Lipinski definition) is 9. The van der Waals surface area contributed by atoms with Crippen LogP contribution in [-0.2, 0) is 44.4 Å². The van der Waals surface area contributed by atoms with Crippen molar-refractivity contribution in [2.75, 3.05) is 18.5 Å². The van der Waals surface area contributed by atoms with Gasteiger partial charge in [-0.3, -0.25) is 4.79 Å². The van der Waals surface area contributed by atoms with Gasteiger partial charge in [0, 0.05) is 12.1 Å². The number of carbonyl (C=O) groups excluding carboxylic acids is 2. The number of benzene rings is 1. The lowest BCUT2D eigenvalue weighted by molar-refractivity contribution is -0.203. The molecule has 4 aliphatic heterocycles. The Hall–Kier alpha value is -2.24. The van der Waals surface area contributed by atoms with Crippen LogP contribution in [0.4, 0.5) is 5.69 Å². The Bertz CT molecular complexity index is 951. The van der Waals surface area contributed by atoms with E-state index in [2.05, 4.69) is 10.6 Å². The highest BCUT2D eigenvalue weighted by molar-refractivity contribution is 5.86. The van der Waals surface area contributed by atoms with Crippen LogP contribution >= 0.6 is 0 Å². The Morgan fingerprint density at radius 1 is 1.06 bits per heavy atom. The Kier molecular flexibility index (Phi) is 6.06. The van der Waals surface area contributed by atoms with E-state index in [1.54, 1.807) is 0 Å². The minimum Gasteiger partial charge on any atom is -0.464 e. The second-order valence-electron chi connectivity index (χ2n) is 10.1. The third-order valence-corrected chi connectivity index (χ3v) is 6.36. The van der Waals surface area contributed by atoms with E-state index in [1.165, 1.54) is 0 Å². The van der Waals surface area contributed by atoms with E-state index < -0.39 is 23.8 Å². The molecule has 1 aromatic carbocycles. The summed E-state index contributed by atoms with van der Waals surface area (Å²) in [4.78, 5) is 24.0. The highest BCUT2D eigenvalue weighted by Gasteiger charge is 2.59. The third-order valence-electron chi connectivity index (χ3n) is 6.36. The molecule has 0 bridgehead atoms. The van der Waals surface area contributed by atoms with Gasteiger partial charge in [-0.2, -0.15) is 0 Å². The van der Waals surface area contributed by atoms with Crippen molar-refractivity contribution >= 4 is 17.6 Å². The first-order chi connectivity index (χ1) is 16.1. The van der Waals surface area contributed by atoms with E-state index in [0.717, 1.165) is 11.3 Å². The summed E-state index contributed by atoms with van der Waals surface area (Å²) in [6.07, 6.45) is -1.10. The van der Waals surface area contributed by atoms with Crippen molar-refractivity contribution < 1.29 is 38.0 Å². The maximum atomic E-state index is 12.4. The number of fused-ring (bicyclic) bond motifs is 1. The van der Waals surface area contributed by atoms with E-state index >= 15 is 0 Å². The Morgan fingerprint density at radius 3 is 2.56 bits per heavy atom. The molecule has 1 aromatic rings. The fourth-order valence-corrected chi connectivity index (χ4v) is 4.92. The summed E-state index contributed by atoms with van der Waals surface area (Å²) in [5, 5.41) is 6.12. The number of nitrogens with one attached hydrogen (secondary N) is 2. The maximum absolute atomic E-state index is 12.4. The number of rotatable bonds is 6. The van der Waals surface area contributed by atoms with Gasteiger partial charge in [-0.15, -0.1) is 0 Å². The first-order valence-electron chi connectivity index (χ1n) is 11.7. The zero-order valence-corrected chi connectivity index (χ0v) is 19.9. The van der Waals surface area contributed by atoms with Gasteiger partial charge >= 0.3 is 5.97 Å². The molecule has 34 heavy (non-hydrogen) atoms. The van der Waals surface area contributed by atoms with Crippen LogP contribution in [0.15, 0.2) is 24.3 Å². The van der Waals surface area contributed by atoms with Crippen molar-refractivity contribution in [3.05, 3.63) is 29.8 Å². The van der Waals surface area contributed by atoms with E-state index in [-0.39, 0.29) is 42.7 Å². The van der Waals surface area contributed by atoms with Crippen LogP contribution in [0.25, 0.3) is 0 Å². The molecule has 0 aromatic heterocycles. The number of cyclic esters (lactones) is 1. The Morgan fingerprint density at radius 2 is 1.85 bits per heavy atom. The number of esters is 1. The molecule has 4 saturated heterocycles. The molecule has 1 amide bonds. The number of carbonyl (C=O) groups is 2. The van der Waals surface area contributed by atoms with Crippen LogP contribution in [0.3, 0.4) is 0 Å². The quantitative estimate of drug-likeness (QED) is 0.589. The van der Waals surface area contributed by atoms with Crippen LogP contribution in [0.2, 0.25) is 0 Å². The molecule has 2 N–H and O–H groups in total. The molecule has 0 spiro atoms. The standard InChI is InChI=1S/C24H32N2O8/c1-23(2)30-12-16(32-23)18-19-20(34-24(3,4)33-19)21(31-18)25-14-7-5-6-13(10-14)11-17(27)26-15-8-9-29-22(15)28/h5-7,10,15-16,18-21,25H,8-9,11-12H2,1-4H3,(H,26,27)/t15?,16?,18?,19-,20-,21?/m0/s1. The third kappa shape index (κ3) is 4.92. The molecule has 0 radical (unpaired) electrons. The van der Waals surface area contributed by atoms with Crippen LogP contribution in [0.5, 0.6) is 0 Å². The monoisotopic (exact) mass is 476 g/mol. The normalized spacial score (nSPS) is 35.7. The van der Waals surface area contributed by atoms with Crippen molar-refractivity contribution in [1.82, 2.24) is 5.32 Å². The van der Waals surface area contributed by atoms with Crippen LogP contribution < -0.4 is 10.6 Å². The number of amides is 1. The zero-order valence-electron chi connectivity index (χ0n) is 19.9. The van der Waals surface area contributed by atoms with Gasteiger partial charge < -0.3 is 39.1 Å². The van der Waals surface area contributed by atoms with Gasteiger partial charge in [0.1, 0.15) is 30.5 Å². The van der Waals surface area contributed by atoms with Gasteiger partial charge in [-0.1, -0.05) is 12.1 Å². The molecule has 0 aliphatic carbocycles. The molecular formula is C24H32N2O8. The molecule has 0 saturated carbocycles. The first-order valence-corrected chi connectivity index (χ1v) is 11.7. The number of hydrogen-bond donors (Lipinski definition) is 2. The fraction of sp³-hybridized carbons (Fsp3) is 0.667. The molecule has 10 heteroatoms. The highest BCUT2D eigenvalue weighted by atomic mass is 16.8. The average molecular weight is 477 g/mol. The van der Waals surface area contributed by atoms with E-state index in [4.69, 9.17) is 28.4 Å². The highest BCUT2D eigenvalue weighted by Crippen LogP contribution is 2.42. The lowest BCUT2D eigenvalue weighted by Crippen LogP contribution is -2.40. The summed E-state index contributed by atoms with van der Waals surface area (Å²) in [7, 11) is 0. The van der Waals surface area contributed by atoms with Crippen molar-refractivity contribution in [1.29, 1.82) is 0 Å². The van der Waals surface area contributed by atoms with Crippen LogP contribution in [-0.4, -0.2) is 73.4 Å². The smallest absolute Gasteiger partial charge is 0.328 e. The minimum atomic E-state index is -0.742. The summed E-state index contributed by atoms with van der Waals surface area (Å²) < 4.78 is 35.3. The van der Waals surface area contributed by atoms with Crippen molar-refractivity contribution in [3.63, 3.8) is 0 Å². The summed E-state index contributed by atoms with van der Waals surface area (Å²) in [6.45, 7) is 8.27. The lowest BCUT2D eigenvalue weighted by atomic mass is 10.1. The second-order valence-corrected chi connectivity index (χ2v) is 10.1.